The van der Waals surface area contributed by atoms with Crippen molar-refractivity contribution in [2.75, 3.05) is 47.3 Å². The molecule has 1 aromatic rings. The zero-order valence-corrected chi connectivity index (χ0v) is 14.2. The summed E-state index contributed by atoms with van der Waals surface area (Å²) >= 11 is 1.73. The second-order valence-electron chi connectivity index (χ2n) is 5.99. The van der Waals surface area contributed by atoms with Crippen LogP contribution in [0.2, 0.25) is 0 Å². The number of thiophene rings is 1. The van der Waals surface area contributed by atoms with Gasteiger partial charge in [-0.25, -0.2) is 4.79 Å². The molecule has 118 valence electrons. The van der Waals surface area contributed by atoms with Crippen LogP contribution in [0.1, 0.15) is 17.8 Å². The fourth-order valence-electron chi connectivity index (χ4n) is 2.75. The molecule has 0 radical (unpaired) electrons. The van der Waals surface area contributed by atoms with Crippen molar-refractivity contribution in [2.45, 2.75) is 19.0 Å². The van der Waals surface area contributed by atoms with Crippen LogP contribution in [0.3, 0.4) is 0 Å². The highest BCUT2D eigenvalue weighted by atomic mass is 32.1. The minimum Gasteiger partial charge on any atom is -0.336 e. The summed E-state index contributed by atoms with van der Waals surface area (Å²) < 4.78 is 0. The van der Waals surface area contributed by atoms with Crippen molar-refractivity contribution in [3.63, 3.8) is 0 Å². The third kappa shape index (κ3) is 4.18. The van der Waals surface area contributed by atoms with E-state index in [-0.39, 0.29) is 18.1 Å². The van der Waals surface area contributed by atoms with Crippen LogP contribution in [-0.2, 0) is 0 Å². The minimum atomic E-state index is 0.0546. The van der Waals surface area contributed by atoms with E-state index in [4.69, 9.17) is 0 Å². The summed E-state index contributed by atoms with van der Waals surface area (Å²) in [5.41, 5.74) is 0. The molecule has 1 aliphatic heterocycles. The number of nitrogens with zero attached hydrogens (tertiary/aromatic N) is 3. The van der Waals surface area contributed by atoms with Crippen LogP contribution in [-0.4, -0.2) is 74.1 Å². The van der Waals surface area contributed by atoms with Gasteiger partial charge in [-0.15, -0.1) is 11.3 Å². The van der Waals surface area contributed by atoms with E-state index in [0.29, 0.717) is 6.54 Å². The number of nitrogens with one attached hydrogen (secondary N) is 1. The zero-order chi connectivity index (χ0) is 15.4. The molecule has 21 heavy (non-hydrogen) atoms. The van der Waals surface area contributed by atoms with Crippen molar-refractivity contribution in [2.24, 2.45) is 0 Å². The summed E-state index contributed by atoms with van der Waals surface area (Å²) in [6, 6.07) is 4.74. The standard InChI is InChI=1S/C15H26N4OS/c1-12-11-18(4)7-8-19(12)15(20)16-10-13(17(2)3)14-6-5-9-21-14/h5-6,9,12-13H,7-8,10-11H2,1-4H3,(H,16,20)/t12-,13-/m0/s1. The van der Waals surface area contributed by atoms with E-state index in [9.17, 15) is 4.79 Å². The number of rotatable bonds is 4. The number of carbonyl (C=O) groups is 1. The van der Waals surface area contributed by atoms with Crippen molar-refractivity contribution in [1.29, 1.82) is 0 Å². The Morgan fingerprint density at radius 1 is 1.52 bits per heavy atom. The predicted octanol–water partition coefficient (Wildman–Crippen LogP) is 1.70. The Balaban J connectivity index is 1.90. The zero-order valence-electron chi connectivity index (χ0n) is 13.4. The van der Waals surface area contributed by atoms with Crippen molar-refractivity contribution in [3.05, 3.63) is 22.4 Å². The van der Waals surface area contributed by atoms with Crippen LogP contribution in [0.25, 0.3) is 0 Å². The Hall–Kier alpha value is -1.11. The quantitative estimate of drug-likeness (QED) is 0.920. The predicted molar refractivity (Wildman–Crippen MR) is 87.8 cm³/mol. The fourth-order valence-corrected chi connectivity index (χ4v) is 3.67. The maximum absolute atomic E-state index is 12.4. The highest BCUT2D eigenvalue weighted by molar-refractivity contribution is 7.10. The highest BCUT2D eigenvalue weighted by Crippen LogP contribution is 2.22. The summed E-state index contributed by atoms with van der Waals surface area (Å²) in [5, 5.41) is 5.18. The van der Waals surface area contributed by atoms with Gasteiger partial charge >= 0.3 is 6.03 Å². The lowest BCUT2D eigenvalue weighted by Gasteiger charge is -2.38. The van der Waals surface area contributed by atoms with Gasteiger partial charge < -0.3 is 20.0 Å². The molecule has 2 amide bonds. The number of carbonyl (C=O) groups excluding carboxylic acids is 1. The van der Waals surface area contributed by atoms with Crippen LogP contribution in [0.5, 0.6) is 0 Å². The number of likely N-dealkylation sites (N-methyl/N-ethyl adjacent to an activating group) is 2. The molecule has 0 aromatic carbocycles. The van der Waals surface area contributed by atoms with Gasteiger partial charge in [0.15, 0.2) is 0 Å². The first-order valence-corrected chi connectivity index (χ1v) is 8.30. The number of amides is 2. The molecule has 0 bridgehead atoms. The molecule has 0 unspecified atom stereocenters. The first-order valence-electron chi connectivity index (χ1n) is 7.42. The summed E-state index contributed by atoms with van der Waals surface area (Å²) in [5.74, 6) is 0. The third-order valence-corrected chi connectivity index (χ3v) is 5.01. The topological polar surface area (TPSA) is 38.8 Å². The van der Waals surface area contributed by atoms with E-state index in [1.165, 1.54) is 4.88 Å². The summed E-state index contributed by atoms with van der Waals surface area (Å²) in [7, 11) is 6.20. The minimum absolute atomic E-state index is 0.0546. The smallest absolute Gasteiger partial charge is 0.317 e. The van der Waals surface area contributed by atoms with Gasteiger partial charge in [0.05, 0.1) is 6.04 Å². The molecule has 0 spiro atoms. The molecule has 0 saturated carbocycles. The maximum Gasteiger partial charge on any atom is 0.317 e. The Bertz CT molecular complexity index is 449. The van der Waals surface area contributed by atoms with Gasteiger partial charge in [-0.3, -0.25) is 0 Å². The van der Waals surface area contributed by atoms with Crippen LogP contribution in [0, 0.1) is 0 Å². The van der Waals surface area contributed by atoms with Gasteiger partial charge in [-0.2, -0.15) is 0 Å². The van der Waals surface area contributed by atoms with E-state index in [2.05, 4.69) is 60.7 Å². The lowest BCUT2D eigenvalue weighted by atomic mass is 10.2. The molecular weight excluding hydrogens is 284 g/mol. The van der Waals surface area contributed by atoms with Gasteiger partial charge in [-0.05, 0) is 39.5 Å². The fraction of sp³-hybridized carbons (Fsp3) is 0.667. The molecule has 1 N–H and O–H groups in total. The van der Waals surface area contributed by atoms with Gasteiger partial charge in [0.25, 0.3) is 0 Å². The summed E-state index contributed by atoms with van der Waals surface area (Å²) in [6.07, 6.45) is 0. The van der Waals surface area contributed by atoms with Gasteiger partial charge in [-0.1, -0.05) is 6.07 Å². The number of hydrogen-bond donors (Lipinski definition) is 1. The van der Waals surface area contributed by atoms with Gasteiger partial charge in [0.1, 0.15) is 0 Å². The molecule has 5 nitrogen and oxygen atoms in total. The summed E-state index contributed by atoms with van der Waals surface area (Å²) in [4.78, 5) is 20.0. The SMILES string of the molecule is C[C@H]1CN(C)CCN1C(=O)NC[C@@H](c1cccs1)N(C)C. The van der Waals surface area contributed by atoms with E-state index in [0.717, 1.165) is 19.6 Å². The normalized spacial score (nSPS) is 21.6. The van der Waals surface area contributed by atoms with Gasteiger partial charge in [0.2, 0.25) is 0 Å². The van der Waals surface area contributed by atoms with Crippen molar-refractivity contribution in [1.82, 2.24) is 20.0 Å². The molecule has 1 aromatic heterocycles. The van der Waals surface area contributed by atoms with Crippen LogP contribution < -0.4 is 5.32 Å². The van der Waals surface area contributed by atoms with E-state index < -0.39 is 0 Å². The van der Waals surface area contributed by atoms with Crippen molar-refractivity contribution < 1.29 is 4.79 Å². The molecule has 2 heterocycles. The maximum atomic E-state index is 12.4. The molecule has 2 atom stereocenters. The average molecular weight is 310 g/mol. The monoisotopic (exact) mass is 310 g/mol. The Kier molecular flexibility index (Phi) is 5.61. The van der Waals surface area contributed by atoms with Crippen LogP contribution in [0.4, 0.5) is 4.79 Å². The Labute approximate surface area is 131 Å². The molecule has 0 aliphatic carbocycles. The first kappa shape index (κ1) is 16.3. The Morgan fingerprint density at radius 2 is 2.29 bits per heavy atom. The highest BCUT2D eigenvalue weighted by Gasteiger charge is 2.26. The van der Waals surface area contributed by atoms with E-state index >= 15 is 0 Å². The number of piperazine rings is 1. The first-order chi connectivity index (χ1) is 9.99. The van der Waals surface area contributed by atoms with Crippen molar-refractivity contribution >= 4 is 17.4 Å². The van der Waals surface area contributed by atoms with Crippen LogP contribution >= 0.6 is 11.3 Å². The second-order valence-corrected chi connectivity index (χ2v) is 6.96. The largest absolute Gasteiger partial charge is 0.336 e. The average Bonchev–Trinajstić information content (AvgIpc) is 2.92. The Morgan fingerprint density at radius 3 is 2.86 bits per heavy atom. The van der Waals surface area contributed by atoms with E-state index in [1.807, 2.05) is 4.90 Å². The molecule has 1 aliphatic rings. The van der Waals surface area contributed by atoms with Gasteiger partial charge in [0, 0.05) is 37.1 Å². The second kappa shape index (κ2) is 7.24. The number of urea groups is 1. The number of hydrogen-bond acceptors (Lipinski definition) is 4. The van der Waals surface area contributed by atoms with Crippen molar-refractivity contribution in [3.8, 4) is 0 Å². The van der Waals surface area contributed by atoms with Crippen LogP contribution in [0.15, 0.2) is 17.5 Å². The van der Waals surface area contributed by atoms with E-state index in [1.54, 1.807) is 11.3 Å². The lowest BCUT2D eigenvalue weighted by Crippen LogP contribution is -2.56. The lowest BCUT2D eigenvalue weighted by molar-refractivity contribution is 0.115. The molecule has 1 saturated heterocycles. The molecule has 6 heteroatoms. The molecule has 1 fully saturated rings. The molecule has 2 rings (SSSR count). The summed E-state index contributed by atoms with van der Waals surface area (Å²) in [6.45, 7) is 5.44. The molecular formula is C15H26N4OS. The third-order valence-electron chi connectivity index (χ3n) is 4.03.